The summed E-state index contributed by atoms with van der Waals surface area (Å²) >= 11 is 1.32. The molecular weight excluding hydrogens is 284 g/mol. The molecule has 106 valence electrons. The van der Waals surface area contributed by atoms with Gasteiger partial charge in [-0.3, -0.25) is 10.2 Å². The summed E-state index contributed by atoms with van der Waals surface area (Å²) in [5.74, 6) is 0.0265. The van der Waals surface area contributed by atoms with Gasteiger partial charge in [-0.1, -0.05) is 29.5 Å². The number of benzene rings is 1. The molecule has 3 aromatic rings. The Morgan fingerprint density at radius 2 is 2.24 bits per heavy atom. The Labute approximate surface area is 125 Å². The van der Waals surface area contributed by atoms with E-state index in [1.807, 2.05) is 37.4 Å². The number of carbonyl (C=O) groups excluding carboxylic acids is 1. The molecule has 1 aromatic carbocycles. The summed E-state index contributed by atoms with van der Waals surface area (Å²) in [4.78, 5) is 19.5. The molecule has 0 unspecified atom stereocenters. The highest BCUT2D eigenvalue weighted by atomic mass is 32.1. The number of hydrogen-bond acceptors (Lipinski definition) is 5. The minimum atomic E-state index is 0.0265. The third kappa shape index (κ3) is 2.71. The van der Waals surface area contributed by atoms with Gasteiger partial charge in [0, 0.05) is 29.6 Å². The molecule has 5 nitrogen and oxygen atoms in total. The Balaban J connectivity index is 1.78. The highest BCUT2D eigenvalue weighted by molar-refractivity contribution is 7.17. The minimum Gasteiger partial charge on any atom is -0.361 e. The molecule has 0 saturated carbocycles. The first-order valence-electron chi connectivity index (χ1n) is 6.48. The van der Waals surface area contributed by atoms with Crippen LogP contribution in [-0.2, 0) is 0 Å². The van der Waals surface area contributed by atoms with E-state index in [0.717, 1.165) is 22.2 Å². The van der Waals surface area contributed by atoms with Gasteiger partial charge in [-0.2, -0.15) is 5.10 Å². The molecule has 0 aliphatic rings. The lowest BCUT2D eigenvalue weighted by Gasteiger charge is -1.93. The van der Waals surface area contributed by atoms with Crippen LogP contribution in [0.3, 0.4) is 0 Å². The van der Waals surface area contributed by atoms with E-state index in [1.165, 1.54) is 11.3 Å². The van der Waals surface area contributed by atoms with Gasteiger partial charge < -0.3 is 4.98 Å². The van der Waals surface area contributed by atoms with Gasteiger partial charge in [0.05, 0.1) is 16.8 Å². The van der Waals surface area contributed by atoms with E-state index in [4.69, 9.17) is 0 Å². The lowest BCUT2D eigenvalue weighted by atomic mass is 10.2. The van der Waals surface area contributed by atoms with Crippen LogP contribution in [0.5, 0.6) is 0 Å². The molecule has 0 fully saturated rings. The largest absolute Gasteiger partial charge is 0.361 e. The number of hydrazone groups is 1. The molecule has 0 radical (unpaired) electrons. The molecule has 3 rings (SSSR count). The summed E-state index contributed by atoms with van der Waals surface area (Å²) in [7, 11) is 0. The van der Waals surface area contributed by atoms with Gasteiger partial charge in [0.15, 0.2) is 5.78 Å². The zero-order valence-electron chi connectivity index (χ0n) is 11.7. The van der Waals surface area contributed by atoms with Crippen LogP contribution in [0.4, 0.5) is 5.13 Å². The van der Waals surface area contributed by atoms with Crippen molar-refractivity contribution in [3.05, 3.63) is 46.6 Å². The van der Waals surface area contributed by atoms with Crippen molar-refractivity contribution < 1.29 is 4.79 Å². The zero-order valence-corrected chi connectivity index (χ0v) is 12.5. The SMILES string of the molecule is CC(=O)c1sc(N/N=C/c2c[nH]c3ccccc23)nc1C. The van der Waals surface area contributed by atoms with E-state index in [0.29, 0.717) is 10.0 Å². The predicted molar refractivity (Wildman–Crippen MR) is 86.4 cm³/mol. The summed E-state index contributed by atoms with van der Waals surface area (Å²) in [5, 5.41) is 5.92. The normalized spacial score (nSPS) is 11.3. The second-order valence-corrected chi connectivity index (χ2v) is 5.65. The van der Waals surface area contributed by atoms with E-state index in [2.05, 4.69) is 20.5 Å². The number of aromatic nitrogens is 2. The first kappa shape index (κ1) is 13.5. The Morgan fingerprint density at radius 3 is 3.00 bits per heavy atom. The van der Waals surface area contributed by atoms with Crippen LogP contribution in [0.2, 0.25) is 0 Å². The van der Waals surface area contributed by atoms with E-state index >= 15 is 0 Å². The molecule has 6 heteroatoms. The lowest BCUT2D eigenvalue weighted by molar-refractivity contribution is 0.102. The van der Waals surface area contributed by atoms with Crippen molar-refractivity contribution in [1.82, 2.24) is 9.97 Å². The standard InChI is InChI=1S/C15H14N4OS/c1-9-14(10(2)20)21-15(18-9)19-17-8-11-7-16-13-6-4-3-5-12(11)13/h3-8,16H,1-2H3,(H,18,19)/b17-8+. The van der Waals surface area contributed by atoms with E-state index in [1.54, 1.807) is 13.1 Å². The van der Waals surface area contributed by atoms with Gasteiger partial charge in [0.1, 0.15) is 0 Å². The number of thiazole rings is 1. The Hall–Kier alpha value is -2.47. The fraction of sp³-hybridized carbons (Fsp3) is 0.133. The number of para-hydroxylation sites is 1. The van der Waals surface area contributed by atoms with E-state index in [-0.39, 0.29) is 5.78 Å². The molecule has 0 amide bonds. The number of anilines is 1. The molecule has 2 heterocycles. The van der Waals surface area contributed by atoms with E-state index in [9.17, 15) is 4.79 Å². The summed E-state index contributed by atoms with van der Waals surface area (Å²) < 4.78 is 0. The number of Topliss-reactive ketones (excluding diaryl/α,β-unsaturated/α-hetero) is 1. The highest BCUT2D eigenvalue weighted by Gasteiger charge is 2.10. The van der Waals surface area contributed by atoms with Gasteiger partial charge in [-0.25, -0.2) is 4.98 Å². The molecule has 21 heavy (non-hydrogen) atoms. The van der Waals surface area contributed by atoms with Crippen molar-refractivity contribution in [3.63, 3.8) is 0 Å². The number of H-pyrrole nitrogens is 1. The van der Waals surface area contributed by atoms with Gasteiger partial charge in [-0.15, -0.1) is 0 Å². The fourth-order valence-electron chi connectivity index (χ4n) is 2.13. The molecule has 0 aliphatic carbocycles. The van der Waals surface area contributed by atoms with Crippen molar-refractivity contribution in [1.29, 1.82) is 0 Å². The zero-order chi connectivity index (χ0) is 14.8. The number of rotatable bonds is 4. The van der Waals surface area contributed by atoms with Crippen LogP contribution in [0.15, 0.2) is 35.6 Å². The van der Waals surface area contributed by atoms with Crippen LogP contribution in [0.1, 0.15) is 27.9 Å². The third-order valence-electron chi connectivity index (χ3n) is 3.10. The monoisotopic (exact) mass is 298 g/mol. The van der Waals surface area contributed by atoms with Gasteiger partial charge in [-0.05, 0) is 13.0 Å². The maximum atomic E-state index is 11.4. The highest BCUT2D eigenvalue weighted by Crippen LogP contribution is 2.23. The fourth-order valence-corrected chi connectivity index (χ4v) is 2.94. The van der Waals surface area contributed by atoms with Crippen molar-refractivity contribution in [3.8, 4) is 0 Å². The molecule has 0 saturated heterocycles. The van der Waals surface area contributed by atoms with Crippen LogP contribution in [-0.4, -0.2) is 22.0 Å². The molecular formula is C15H14N4OS. The number of aromatic amines is 1. The second-order valence-electron chi connectivity index (χ2n) is 4.65. The van der Waals surface area contributed by atoms with Crippen LogP contribution < -0.4 is 5.43 Å². The number of nitrogens with zero attached hydrogens (tertiary/aromatic N) is 2. The van der Waals surface area contributed by atoms with Crippen molar-refractivity contribution in [2.24, 2.45) is 5.10 Å². The average Bonchev–Trinajstić information content (AvgIpc) is 3.03. The van der Waals surface area contributed by atoms with Crippen LogP contribution in [0.25, 0.3) is 10.9 Å². The summed E-state index contributed by atoms with van der Waals surface area (Å²) in [6, 6.07) is 8.03. The number of fused-ring (bicyclic) bond motifs is 1. The van der Waals surface area contributed by atoms with Crippen molar-refractivity contribution in [2.75, 3.05) is 5.43 Å². The first-order valence-corrected chi connectivity index (χ1v) is 7.30. The van der Waals surface area contributed by atoms with Crippen LogP contribution in [0, 0.1) is 6.92 Å². The third-order valence-corrected chi connectivity index (χ3v) is 4.26. The first-order chi connectivity index (χ1) is 10.1. The number of ketones is 1. The molecule has 0 bridgehead atoms. The van der Waals surface area contributed by atoms with Gasteiger partial charge >= 0.3 is 0 Å². The van der Waals surface area contributed by atoms with E-state index < -0.39 is 0 Å². The summed E-state index contributed by atoms with van der Waals surface area (Å²) in [5.41, 5.74) is 5.68. The van der Waals surface area contributed by atoms with Gasteiger partial charge in [0.2, 0.25) is 5.13 Å². The number of hydrogen-bond donors (Lipinski definition) is 2. The minimum absolute atomic E-state index is 0.0265. The molecule has 0 aliphatic heterocycles. The second kappa shape index (κ2) is 5.49. The quantitative estimate of drug-likeness (QED) is 0.439. The Bertz CT molecular complexity index is 831. The van der Waals surface area contributed by atoms with Gasteiger partial charge in [0.25, 0.3) is 0 Å². The molecule has 0 spiro atoms. The molecule has 2 aromatic heterocycles. The molecule has 2 N–H and O–H groups in total. The van der Waals surface area contributed by atoms with Crippen molar-refractivity contribution in [2.45, 2.75) is 13.8 Å². The Kier molecular flexibility index (Phi) is 3.53. The lowest BCUT2D eigenvalue weighted by Crippen LogP contribution is -1.90. The van der Waals surface area contributed by atoms with Crippen molar-refractivity contribution >= 4 is 39.4 Å². The number of aryl methyl sites for hydroxylation is 1. The smallest absolute Gasteiger partial charge is 0.204 e. The Morgan fingerprint density at radius 1 is 1.43 bits per heavy atom. The summed E-state index contributed by atoms with van der Waals surface area (Å²) in [6.07, 6.45) is 3.65. The number of nitrogens with one attached hydrogen (secondary N) is 2. The summed E-state index contributed by atoms with van der Waals surface area (Å²) in [6.45, 7) is 3.36. The molecule has 0 atom stereocenters. The number of carbonyl (C=O) groups is 1. The maximum Gasteiger partial charge on any atom is 0.204 e. The maximum absolute atomic E-state index is 11.4. The predicted octanol–water partition coefficient (Wildman–Crippen LogP) is 3.58. The van der Waals surface area contributed by atoms with Crippen LogP contribution >= 0.6 is 11.3 Å². The topological polar surface area (TPSA) is 70.1 Å². The average molecular weight is 298 g/mol.